The van der Waals surface area contributed by atoms with E-state index in [2.05, 4.69) is 15.6 Å². The van der Waals surface area contributed by atoms with E-state index in [0.29, 0.717) is 34.1 Å². The van der Waals surface area contributed by atoms with Gasteiger partial charge in [0.05, 0.1) is 23.5 Å². The third-order valence-electron chi connectivity index (χ3n) is 4.08. The first-order valence-corrected chi connectivity index (χ1v) is 9.65. The van der Waals surface area contributed by atoms with Crippen LogP contribution in [0, 0.1) is 12.7 Å². The predicted molar refractivity (Wildman–Crippen MR) is 111 cm³/mol. The van der Waals surface area contributed by atoms with Crippen LogP contribution < -0.4 is 15.4 Å². The van der Waals surface area contributed by atoms with Crippen LogP contribution in [0.5, 0.6) is 5.75 Å². The molecule has 0 aliphatic heterocycles. The van der Waals surface area contributed by atoms with Crippen molar-refractivity contribution in [3.05, 3.63) is 69.4 Å². The maximum absolute atomic E-state index is 13.1. The molecule has 29 heavy (non-hydrogen) atoms. The molecule has 0 saturated heterocycles. The minimum atomic E-state index is -0.290. The van der Waals surface area contributed by atoms with Crippen LogP contribution >= 0.6 is 11.3 Å². The summed E-state index contributed by atoms with van der Waals surface area (Å²) in [6, 6.07) is 11.2. The molecule has 0 unspecified atom stereocenters. The van der Waals surface area contributed by atoms with Crippen LogP contribution in [0.15, 0.2) is 42.5 Å². The van der Waals surface area contributed by atoms with Crippen molar-refractivity contribution >= 4 is 34.5 Å². The van der Waals surface area contributed by atoms with Gasteiger partial charge in [0.1, 0.15) is 16.4 Å². The average molecular weight is 413 g/mol. The topological polar surface area (TPSA) is 80.3 Å². The molecule has 0 radical (unpaired) electrons. The molecule has 0 aliphatic carbocycles. The smallest absolute Gasteiger partial charge is 0.267 e. The Morgan fingerprint density at radius 3 is 2.52 bits per heavy atom. The first kappa shape index (κ1) is 20.5. The van der Waals surface area contributed by atoms with Gasteiger partial charge in [-0.1, -0.05) is 12.1 Å². The van der Waals surface area contributed by atoms with Crippen LogP contribution in [0.4, 0.5) is 15.8 Å². The van der Waals surface area contributed by atoms with Crippen molar-refractivity contribution < 1.29 is 18.7 Å². The van der Waals surface area contributed by atoms with Gasteiger partial charge in [0.25, 0.3) is 5.91 Å². The molecule has 0 bridgehead atoms. The van der Waals surface area contributed by atoms with E-state index >= 15 is 0 Å². The Kier molecular flexibility index (Phi) is 6.23. The molecular formula is C21H20FN3O3S. The zero-order valence-electron chi connectivity index (χ0n) is 16.2. The van der Waals surface area contributed by atoms with Gasteiger partial charge in [0.2, 0.25) is 5.91 Å². The number of halogens is 1. The molecular weight excluding hydrogens is 393 g/mol. The van der Waals surface area contributed by atoms with Crippen molar-refractivity contribution in [1.29, 1.82) is 0 Å². The zero-order valence-corrected chi connectivity index (χ0v) is 17.0. The van der Waals surface area contributed by atoms with E-state index in [1.165, 1.54) is 37.5 Å². The number of amides is 2. The number of thiazole rings is 1. The number of nitrogens with zero attached hydrogens (tertiary/aromatic N) is 1. The fraction of sp³-hybridized carbons (Fsp3) is 0.190. The van der Waals surface area contributed by atoms with Gasteiger partial charge < -0.3 is 15.4 Å². The van der Waals surface area contributed by atoms with E-state index in [1.807, 2.05) is 0 Å². The third-order valence-corrected chi connectivity index (χ3v) is 5.24. The van der Waals surface area contributed by atoms with Crippen LogP contribution in [0.25, 0.3) is 0 Å². The highest BCUT2D eigenvalue weighted by atomic mass is 32.1. The lowest BCUT2D eigenvalue weighted by Gasteiger charge is -2.11. The highest BCUT2D eigenvalue weighted by molar-refractivity contribution is 7.14. The van der Waals surface area contributed by atoms with E-state index in [9.17, 15) is 14.0 Å². The lowest BCUT2D eigenvalue weighted by atomic mass is 10.1. The SMILES string of the molecule is COc1ccc(NC(=O)c2sc(Cc3ccc(F)cc3)nc2C)cc1NC(C)=O. The van der Waals surface area contributed by atoms with Crippen LogP contribution in [0.1, 0.15) is 32.9 Å². The van der Waals surface area contributed by atoms with E-state index < -0.39 is 0 Å². The Hall–Kier alpha value is -3.26. The summed E-state index contributed by atoms with van der Waals surface area (Å²) < 4.78 is 18.3. The van der Waals surface area contributed by atoms with Crippen LogP contribution in [-0.2, 0) is 11.2 Å². The number of hydrogen-bond acceptors (Lipinski definition) is 5. The summed E-state index contributed by atoms with van der Waals surface area (Å²) in [7, 11) is 1.50. The molecule has 0 saturated carbocycles. The minimum absolute atomic E-state index is 0.240. The molecule has 0 aliphatic rings. The van der Waals surface area contributed by atoms with Gasteiger partial charge in [-0.2, -0.15) is 0 Å². The molecule has 3 rings (SSSR count). The van der Waals surface area contributed by atoms with Gasteiger partial charge in [0.15, 0.2) is 0 Å². The third kappa shape index (κ3) is 5.17. The van der Waals surface area contributed by atoms with E-state index in [-0.39, 0.29) is 17.6 Å². The van der Waals surface area contributed by atoms with Crippen LogP contribution in [-0.4, -0.2) is 23.9 Å². The number of benzene rings is 2. The summed E-state index contributed by atoms with van der Waals surface area (Å²) in [5.74, 6) is -0.323. The fourth-order valence-electron chi connectivity index (χ4n) is 2.78. The molecule has 0 fully saturated rings. The van der Waals surface area contributed by atoms with Crippen molar-refractivity contribution in [3.63, 3.8) is 0 Å². The molecule has 0 atom stereocenters. The highest BCUT2D eigenvalue weighted by Gasteiger charge is 2.17. The molecule has 2 aromatic carbocycles. The summed E-state index contributed by atoms with van der Waals surface area (Å²) in [4.78, 5) is 29.1. The molecule has 8 heteroatoms. The Balaban J connectivity index is 1.76. The van der Waals surface area contributed by atoms with Gasteiger partial charge in [0, 0.05) is 19.0 Å². The Morgan fingerprint density at radius 2 is 1.86 bits per heavy atom. The summed E-state index contributed by atoms with van der Waals surface area (Å²) in [5, 5.41) is 6.27. The van der Waals surface area contributed by atoms with Crippen LogP contribution in [0.2, 0.25) is 0 Å². The second-order valence-corrected chi connectivity index (χ2v) is 7.46. The Morgan fingerprint density at radius 1 is 1.14 bits per heavy atom. The zero-order chi connectivity index (χ0) is 21.0. The van der Waals surface area contributed by atoms with Gasteiger partial charge in [-0.15, -0.1) is 11.3 Å². The molecule has 3 aromatic rings. The monoisotopic (exact) mass is 413 g/mol. The summed E-state index contributed by atoms with van der Waals surface area (Å²) in [5.41, 5.74) is 2.53. The van der Waals surface area contributed by atoms with E-state index in [0.717, 1.165) is 10.6 Å². The lowest BCUT2D eigenvalue weighted by molar-refractivity contribution is -0.114. The number of rotatable bonds is 6. The Labute approximate surface area is 171 Å². The van der Waals surface area contributed by atoms with Crippen molar-refractivity contribution in [2.45, 2.75) is 20.3 Å². The number of ether oxygens (including phenoxy) is 1. The quantitative estimate of drug-likeness (QED) is 0.628. The summed E-state index contributed by atoms with van der Waals surface area (Å²) in [6.45, 7) is 3.17. The van der Waals surface area contributed by atoms with E-state index in [1.54, 1.807) is 37.3 Å². The molecule has 1 aromatic heterocycles. The maximum atomic E-state index is 13.1. The number of carbonyl (C=O) groups excluding carboxylic acids is 2. The molecule has 2 N–H and O–H groups in total. The molecule has 150 valence electrons. The first-order valence-electron chi connectivity index (χ1n) is 8.83. The first-order chi connectivity index (χ1) is 13.9. The van der Waals surface area contributed by atoms with Crippen LogP contribution in [0.3, 0.4) is 0 Å². The number of anilines is 2. The number of carbonyl (C=O) groups is 2. The predicted octanol–water partition coefficient (Wildman–Crippen LogP) is 4.40. The van der Waals surface area contributed by atoms with Crippen molar-refractivity contribution in [1.82, 2.24) is 4.98 Å². The second kappa shape index (κ2) is 8.83. The second-order valence-electron chi connectivity index (χ2n) is 6.38. The largest absolute Gasteiger partial charge is 0.495 e. The lowest BCUT2D eigenvalue weighted by Crippen LogP contribution is -2.13. The normalized spacial score (nSPS) is 10.5. The summed E-state index contributed by atoms with van der Waals surface area (Å²) in [6.07, 6.45) is 0.522. The minimum Gasteiger partial charge on any atom is -0.495 e. The van der Waals surface area contributed by atoms with Gasteiger partial charge in [-0.05, 0) is 42.8 Å². The van der Waals surface area contributed by atoms with Crippen molar-refractivity contribution in [2.24, 2.45) is 0 Å². The number of aromatic nitrogens is 1. The van der Waals surface area contributed by atoms with Gasteiger partial charge >= 0.3 is 0 Å². The number of hydrogen-bond donors (Lipinski definition) is 2. The van der Waals surface area contributed by atoms with Crippen molar-refractivity contribution in [3.8, 4) is 5.75 Å². The molecule has 1 heterocycles. The standard InChI is InChI=1S/C21H20FN3O3S/c1-12-20(29-19(23-12)10-14-4-6-15(22)7-5-14)21(27)25-16-8-9-18(28-3)17(11-16)24-13(2)26/h4-9,11H,10H2,1-3H3,(H,24,26)(H,25,27). The van der Waals surface area contributed by atoms with E-state index in [4.69, 9.17) is 4.74 Å². The highest BCUT2D eigenvalue weighted by Crippen LogP contribution is 2.29. The molecule has 0 spiro atoms. The number of aryl methyl sites for hydroxylation is 1. The maximum Gasteiger partial charge on any atom is 0.267 e. The number of methoxy groups -OCH3 is 1. The van der Waals surface area contributed by atoms with Gasteiger partial charge in [-0.25, -0.2) is 9.37 Å². The molecule has 6 nitrogen and oxygen atoms in total. The average Bonchev–Trinajstić information content (AvgIpc) is 3.04. The van der Waals surface area contributed by atoms with Gasteiger partial charge in [-0.3, -0.25) is 9.59 Å². The number of nitrogens with one attached hydrogen (secondary N) is 2. The Bertz CT molecular complexity index is 1050. The molecule has 2 amide bonds. The fourth-order valence-corrected chi connectivity index (χ4v) is 3.77. The van der Waals surface area contributed by atoms with Crippen molar-refractivity contribution in [2.75, 3.05) is 17.7 Å². The summed E-state index contributed by atoms with van der Waals surface area (Å²) >= 11 is 1.30.